The number of rotatable bonds is 2. The number of aliphatic imine (C=N–C) groups is 1. The maximum Gasteiger partial charge on any atom is 0.200 e. The van der Waals surface area contributed by atoms with Gasteiger partial charge in [0.15, 0.2) is 5.96 Å². The van der Waals surface area contributed by atoms with Crippen molar-refractivity contribution in [3.05, 3.63) is 42.1 Å². The zero-order chi connectivity index (χ0) is 12.5. The number of benzene rings is 1. The van der Waals surface area contributed by atoms with Gasteiger partial charge in [-0.05, 0) is 30.8 Å². The Morgan fingerprint density at radius 2 is 2.17 bits per heavy atom. The van der Waals surface area contributed by atoms with Crippen LogP contribution in [-0.2, 0) is 0 Å². The van der Waals surface area contributed by atoms with Gasteiger partial charge in [-0.15, -0.1) is 0 Å². The first-order chi connectivity index (χ1) is 8.76. The molecule has 0 amide bonds. The van der Waals surface area contributed by atoms with Gasteiger partial charge in [-0.3, -0.25) is 5.32 Å². The molecule has 0 fully saturated rings. The monoisotopic (exact) mass is 244 g/mol. The van der Waals surface area contributed by atoms with Crippen molar-refractivity contribution in [2.45, 2.75) is 12.2 Å². The predicted molar refractivity (Wildman–Crippen MR) is 70.1 cm³/mol. The van der Waals surface area contributed by atoms with Crippen LogP contribution in [0.1, 0.15) is 11.6 Å². The molecule has 2 aliphatic heterocycles. The number of phenolic OH excluding ortho intramolecular Hbond substituents is 1. The van der Waals surface area contributed by atoms with Gasteiger partial charge in [0.1, 0.15) is 11.9 Å². The zero-order valence-corrected chi connectivity index (χ0v) is 10.2. The first kappa shape index (κ1) is 11.1. The minimum atomic E-state index is 0.119. The van der Waals surface area contributed by atoms with Crippen molar-refractivity contribution in [1.82, 2.24) is 15.5 Å². The van der Waals surface area contributed by atoms with E-state index in [0.717, 1.165) is 18.1 Å². The maximum atomic E-state index is 9.29. The van der Waals surface area contributed by atoms with E-state index >= 15 is 0 Å². The molecule has 0 spiro atoms. The molecule has 2 heterocycles. The maximum absolute atomic E-state index is 9.29. The molecule has 94 valence electrons. The molecule has 5 heteroatoms. The third-order valence-corrected chi connectivity index (χ3v) is 3.25. The highest BCUT2D eigenvalue weighted by atomic mass is 16.3. The van der Waals surface area contributed by atoms with Crippen molar-refractivity contribution in [2.75, 3.05) is 13.6 Å². The van der Waals surface area contributed by atoms with E-state index in [9.17, 15) is 5.11 Å². The standard InChI is InChI=1S/C13H16N4O/c1-14-12-6-7-17-8-11(15-13(17)16-12)9-2-4-10(18)5-3-9/h2-7,11-12,14,18H,8H2,1H3,(H,15,16). The highest BCUT2D eigenvalue weighted by Crippen LogP contribution is 2.26. The lowest BCUT2D eigenvalue weighted by atomic mass is 10.1. The number of aromatic hydroxyl groups is 1. The topological polar surface area (TPSA) is 59.9 Å². The van der Waals surface area contributed by atoms with E-state index in [1.54, 1.807) is 12.1 Å². The summed E-state index contributed by atoms with van der Waals surface area (Å²) in [6.45, 7) is 0.833. The number of fused-ring (bicyclic) bond motifs is 1. The van der Waals surface area contributed by atoms with Crippen LogP contribution in [0.2, 0.25) is 0 Å². The summed E-state index contributed by atoms with van der Waals surface area (Å²) in [5, 5.41) is 15.7. The molecule has 2 unspecified atom stereocenters. The van der Waals surface area contributed by atoms with Crippen LogP contribution < -0.4 is 10.6 Å². The third-order valence-electron chi connectivity index (χ3n) is 3.25. The lowest BCUT2D eigenvalue weighted by Gasteiger charge is -2.26. The van der Waals surface area contributed by atoms with Crippen LogP contribution in [0.25, 0.3) is 0 Å². The molecule has 0 radical (unpaired) electrons. The van der Waals surface area contributed by atoms with Gasteiger partial charge in [-0.25, -0.2) is 4.99 Å². The lowest BCUT2D eigenvalue weighted by Crippen LogP contribution is -2.49. The minimum Gasteiger partial charge on any atom is -0.508 e. The number of hydrogen-bond acceptors (Lipinski definition) is 5. The normalized spacial score (nSPS) is 25.6. The number of likely N-dealkylation sites (N-methyl/N-ethyl adjacent to an activating group) is 1. The molecular weight excluding hydrogens is 228 g/mol. The Hall–Kier alpha value is -2.01. The summed E-state index contributed by atoms with van der Waals surface area (Å²) in [5.74, 6) is 1.19. The van der Waals surface area contributed by atoms with Crippen LogP contribution in [0.3, 0.4) is 0 Å². The van der Waals surface area contributed by atoms with E-state index in [2.05, 4.69) is 32.8 Å². The van der Waals surface area contributed by atoms with Gasteiger partial charge in [0, 0.05) is 6.20 Å². The second-order valence-corrected chi connectivity index (χ2v) is 4.46. The molecule has 2 aliphatic rings. The average Bonchev–Trinajstić information content (AvgIpc) is 2.82. The molecule has 1 aromatic carbocycles. The first-order valence-electron chi connectivity index (χ1n) is 6.02. The Balaban J connectivity index is 1.81. The second kappa shape index (κ2) is 4.34. The van der Waals surface area contributed by atoms with Crippen molar-refractivity contribution in [1.29, 1.82) is 0 Å². The molecular formula is C13H16N4O. The largest absolute Gasteiger partial charge is 0.508 e. The van der Waals surface area contributed by atoms with Crippen LogP contribution >= 0.6 is 0 Å². The number of nitrogens with zero attached hydrogens (tertiary/aromatic N) is 2. The number of hydrogen-bond donors (Lipinski definition) is 3. The van der Waals surface area contributed by atoms with Crippen molar-refractivity contribution in [2.24, 2.45) is 4.99 Å². The minimum absolute atomic E-state index is 0.119. The van der Waals surface area contributed by atoms with Gasteiger partial charge in [0.25, 0.3) is 0 Å². The molecule has 0 bridgehead atoms. The van der Waals surface area contributed by atoms with Crippen molar-refractivity contribution < 1.29 is 5.11 Å². The molecule has 0 aromatic heterocycles. The Bertz CT molecular complexity index is 494. The van der Waals surface area contributed by atoms with Crippen molar-refractivity contribution >= 4 is 5.96 Å². The average molecular weight is 244 g/mol. The molecule has 0 saturated heterocycles. The van der Waals surface area contributed by atoms with Crippen LogP contribution in [0.5, 0.6) is 5.75 Å². The molecule has 3 N–H and O–H groups in total. The molecule has 0 saturated carbocycles. The summed E-state index contributed by atoms with van der Waals surface area (Å²) < 4.78 is 0. The lowest BCUT2D eigenvalue weighted by molar-refractivity contribution is 0.473. The molecule has 18 heavy (non-hydrogen) atoms. The summed E-state index contributed by atoms with van der Waals surface area (Å²) in [5.41, 5.74) is 1.12. The second-order valence-electron chi connectivity index (χ2n) is 4.46. The van der Waals surface area contributed by atoms with E-state index in [1.807, 2.05) is 19.2 Å². The van der Waals surface area contributed by atoms with Crippen molar-refractivity contribution in [3.8, 4) is 5.75 Å². The van der Waals surface area contributed by atoms with Crippen LogP contribution in [-0.4, -0.2) is 35.7 Å². The van der Waals surface area contributed by atoms with Gasteiger partial charge >= 0.3 is 0 Å². The van der Waals surface area contributed by atoms with E-state index in [4.69, 9.17) is 0 Å². The van der Waals surface area contributed by atoms with Crippen LogP contribution in [0, 0.1) is 0 Å². The quantitative estimate of drug-likeness (QED) is 0.719. The smallest absolute Gasteiger partial charge is 0.200 e. The number of nitrogens with one attached hydrogen (secondary N) is 2. The SMILES string of the molecule is CNC1C=CN2CC(c3ccc(O)cc3)N=C2N1. The fourth-order valence-electron chi connectivity index (χ4n) is 2.21. The Labute approximate surface area is 106 Å². The highest BCUT2D eigenvalue weighted by molar-refractivity contribution is 5.84. The van der Waals surface area contributed by atoms with Gasteiger partial charge < -0.3 is 15.3 Å². The Morgan fingerprint density at radius 1 is 1.39 bits per heavy atom. The summed E-state index contributed by atoms with van der Waals surface area (Å²) in [7, 11) is 1.91. The van der Waals surface area contributed by atoms with E-state index in [0.29, 0.717) is 0 Å². The van der Waals surface area contributed by atoms with Gasteiger partial charge in [0.05, 0.1) is 12.6 Å². The van der Waals surface area contributed by atoms with E-state index in [-0.39, 0.29) is 18.0 Å². The van der Waals surface area contributed by atoms with Crippen molar-refractivity contribution in [3.63, 3.8) is 0 Å². The van der Waals surface area contributed by atoms with Gasteiger partial charge in [-0.2, -0.15) is 0 Å². The van der Waals surface area contributed by atoms with E-state index < -0.39 is 0 Å². The zero-order valence-electron chi connectivity index (χ0n) is 10.2. The Kier molecular flexibility index (Phi) is 2.68. The molecule has 0 aliphatic carbocycles. The first-order valence-corrected chi connectivity index (χ1v) is 6.02. The summed E-state index contributed by atoms with van der Waals surface area (Å²) in [6, 6.07) is 7.36. The molecule has 3 rings (SSSR count). The number of guanidine groups is 1. The molecule has 5 nitrogen and oxygen atoms in total. The summed E-state index contributed by atoms with van der Waals surface area (Å²) in [6.07, 6.45) is 4.26. The number of phenols is 1. The Morgan fingerprint density at radius 3 is 2.89 bits per heavy atom. The third kappa shape index (κ3) is 1.93. The van der Waals surface area contributed by atoms with Gasteiger partial charge in [0.2, 0.25) is 0 Å². The predicted octanol–water partition coefficient (Wildman–Crippen LogP) is 0.767. The summed E-state index contributed by atoms with van der Waals surface area (Å²) in [4.78, 5) is 6.77. The van der Waals surface area contributed by atoms with Gasteiger partial charge in [-0.1, -0.05) is 12.1 Å². The fraction of sp³-hybridized carbons (Fsp3) is 0.308. The van der Waals surface area contributed by atoms with Crippen LogP contribution in [0.4, 0.5) is 0 Å². The molecule has 1 aromatic rings. The fourth-order valence-corrected chi connectivity index (χ4v) is 2.21. The highest BCUT2D eigenvalue weighted by Gasteiger charge is 2.28. The summed E-state index contributed by atoms with van der Waals surface area (Å²) >= 11 is 0. The van der Waals surface area contributed by atoms with E-state index in [1.165, 1.54) is 0 Å². The van der Waals surface area contributed by atoms with Crippen LogP contribution in [0.15, 0.2) is 41.5 Å². The molecule has 2 atom stereocenters.